The van der Waals surface area contributed by atoms with Crippen LogP contribution in [0.1, 0.15) is 11.1 Å². The Hall–Kier alpha value is -3.77. The van der Waals surface area contributed by atoms with Crippen LogP contribution >= 0.6 is 0 Å². The molecule has 0 aliphatic rings. The molecule has 7 nitrogen and oxygen atoms in total. The molecule has 0 heterocycles. The van der Waals surface area contributed by atoms with Crippen molar-refractivity contribution in [3.05, 3.63) is 59.7 Å². The van der Waals surface area contributed by atoms with Gasteiger partial charge in [0.15, 0.2) is 0 Å². The minimum Gasteiger partial charge on any atom is -0.452 e. The van der Waals surface area contributed by atoms with Crippen molar-refractivity contribution in [2.24, 2.45) is 0 Å². The summed E-state index contributed by atoms with van der Waals surface area (Å²) >= 11 is 0. The maximum Gasteiger partial charge on any atom is 0.422 e. The third-order valence-corrected chi connectivity index (χ3v) is 4.00. The number of methoxy groups -OCH3 is 2. The molecule has 0 aliphatic carbocycles. The fourth-order valence-corrected chi connectivity index (χ4v) is 2.47. The number of halogens is 6. The average Bonchev–Trinajstić information content (AvgIpc) is 2.73. The SMILES string of the molecule is COC(=O)N(C(=O)N(C(=O)OC)c1ccc(C(F)(F)F)cc1)c1ccc(C(F)(F)F)cc1. The molecule has 0 saturated heterocycles. The fraction of sp³-hybridized carbons (Fsp3) is 0.211. The van der Waals surface area contributed by atoms with Crippen molar-refractivity contribution in [2.45, 2.75) is 12.4 Å². The molecule has 0 bridgehead atoms. The standard InChI is InChI=1S/C19H14F6N2O5/c1-31-16(29)26(13-7-3-11(4-8-13)18(20,21)22)15(28)27(17(30)32-2)14-9-5-12(6-10-14)19(23,24)25/h3-10H,1-2H3. The number of anilines is 2. The van der Waals surface area contributed by atoms with Gasteiger partial charge < -0.3 is 9.47 Å². The number of alkyl halides is 6. The first-order chi connectivity index (χ1) is 14.8. The molecular formula is C19H14F6N2O5. The Kier molecular flexibility index (Phi) is 7.01. The third kappa shape index (κ3) is 5.28. The van der Waals surface area contributed by atoms with Gasteiger partial charge in [0, 0.05) is 0 Å². The van der Waals surface area contributed by atoms with Crippen LogP contribution in [0, 0.1) is 0 Å². The number of imide groups is 2. The first-order valence-electron chi connectivity index (χ1n) is 8.46. The molecule has 4 amide bonds. The highest BCUT2D eigenvalue weighted by Gasteiger charge is 2.37. The first kappa shape index (κ1) is 24.5. The van der Waals surface area contributed by atoms with Gasteiger partial charge in [-0.1, -0.05) is 0 Å². The van der Waals surface area contributed by atoms with E-state index >= 15 is 0 Å². The topological polar surface area (TPSA) is 76.2 Å². The van der Waals surface area contributed by atoms with E-state index in [2.05, 4.69) is 9.47 Å². The molecule has 0 unspecified atom stereocenters. The lowest BCUT2D eigenvalue weighted by Crippen LogP contribution is -2.49. The third-order valence-electron chi connectivity index (χ3n) is 4.00. The van der Waals surface area contributed by atoms with E-state index in [0.29, 0.717) is 24.3 Å². The molecule has 13 heteroatoms. The zero-order valence-corrected chi connectivity index (χ0v) is 16.3. The normalized spacial score (nSPS) is 11.5. The highest BCUT2D eigenvalue weighted by atomic mass is 19.4. The minimum atomic E-state index is -4.70. The Labute approximate surface area is 176 Å². The summed E-state index contributed by atoms with van der Waals surface area (Å²) in [6, 6.07) is 3.97. The average molecular weight is 464 g/mol. The molecule has 2 aromatic carbocycles. The van der Waals surface area contributed by atoms with Crippen molar-refractivity contribution in [3.63, 3.8) is 0 Å². The lowest BCUT2D eigenvalue weighted by molar-refractivity contribution is -0.138. The van der Waals surface area contributed by atoms with Gasteiger partial charge in [-0.2, -0.15) is 36.1 Å². The fourth-order valence-electron chi connectivity index (χ4n) is 2.47. The Morgan fingerprint density at radius 1 is 0.625 bits per heavy atom. The lowest BCUT2D eigenvalue weighted by Gasteiger charge is -2.26. The van der Waals surface area contributed by atoms with Gasteiger partial charge in [-0.3, -0.25) is 0 Å². The van der Waals surface area contributed by atoms with Crippen molar-refractivity contribution in [1.29, 1.82) is 0 Å². The van der Waals surface area contributed by atoms with Crippen LogP contribution in [0.15, 0.2) is 48.5 Å². The van der Waals surface area contributed by atoms with Crippen LogP contribution in [0.2, 0.25) is 0 Å². The predicted molar refractivity (Wildman–Crippen MR) is 98.1 cm³/mol. The number of ether oxygens (including phenoxy) is 2. The number of benzene rings is 2. The predicted octanol–water partition coefficient (Wildman–Crippen LogP) is 5.69. The number of amides is 4. The number of carbonyl (C=O) groups is 3. The van der Waals surface area contributed by atoms with Gasteiger partial charge in [0.1, 0.15) is 0 Å². The van der Waals surface area contributed by atoms with Crippen molar-refractivity contribution < 1.29 is 50.2 Å². The van der Waals surface area contributed by atoms with Gasteiger partial charge >= 0.3 is 30.6 Å². The highest BCUT2D eigenvalue weighted by Crippen LogP contribution is 2.33. The monoisotopic (exact) mass is 464 g/mol. The van der Waals surface area contributed by atoms with Crippen LogP contribution in [-0.2, 0) is 21.8 Å². The summed E-state index contributed by atoms with van der Waals surface area (Å²) in [6.07, 6.45) is -12.2. The summed E-state index contributed by atoms with van der Waals surface area (Å²) in [6.45, 7) is 0. The van der Waals surface area contributed by atoms with Crippen LogP contribution in [0.3, 0.4) is 0 Å². The molecule has 0 spiro atoms. The number of hydrogen-bond donors (Lipinski definition) is 0. The van der Waals surface area contributed by atoms with E-state index in [1.165, 1.54) is 0 Å². The van der Waals surface area contributed by atoms with Gasteiger partial charge in [-0.15, -0.1) is 0 Å². The Morgan fingerprint density at radius 3 is 1.12 bits per heavy atom. The second-order valence-corrected chi connectivity index (χ2v) is 5.98. The molecule has 2 rings (SSSR count). The smallest absolute Gasteiger partial charge is 0.422 e. The molecule has 0 aliphatic heterocycles. The highest BCUT2D eigenvalue weighted by molar-refractivity contribution is 6.24. The van der Waals surface area contributed by atoms with E-state index in [4.69, 9.17) is 0 Å². The second-order valence-electron chi connectivity index (χ2n) is 5.98. The summed E-state index contributed by atoms with van der Waals surface area (Å²) in [5.74, 6) is 0. The molecule has 0 radical (unpaired) electrons. The van der Waals surface area contributed by atoms with Gasteiger partial charge in [0.2, 0.25) is 0 Å². The zero-order valence-electron chi connectivity index (χ0n) is 16.3. The van der Waals surface area contributed by atoms with E-state index in [1.54, 1.807) is 0 Å². The van der Waals surface area contributed by atoms with E-state index in [9.17, 15) is 40.7 Å². The Balaban J connectivity index is 2.52. The molecular weight excluding hydrogens is 450 g/mol. The summed E-state index contributed by atoms with van der Waals surface area (Å²) in [5.41, 5.74) is -2.97. The maximum atomic E-state index is 13.0. The Bertz CT molecular complexity index is 908. The lowest BCUT2D eigenvalue weighted by atomic mass is 10.2. The van der Waals surface area contributed by atoms with Crippen LogP contribution < -0.4 is 9.80 Å². The van der Waals surface area contributed by atoms with Gasteiger partial charge in [0.05, 0.1) is 36.7 Å². The van der Waals surface area contributed by atoms with Crippen LogP contribution in [0.5, 0.6) is 0 Å². The molecule has 0 atom stereocenters. The quantitative estimate of drug-likeness (QED) is 0.534. The van der Waals surface area contributed by atoms with Crippen LogP contribution in [-0.4, -0.2) is 32.4 Å². The molecule has 172 valence electrons. The molecule has 0 saturated carbocycles. The number of nitrogens with zero attached hydrogens (tertiary/aromatic N) is 2. The molecule has 0 fully saturated rings. The summed E-state index contributed by atoms with van der Waals surface area (Å²) in [5, 5.41) is 0. The number of rotatable bonds is 2. The summed E-state index contributed by atoms with van der Waals surface area (Å²) in [7, 11) is 1.74. The van der Waals surface area contributed by atoms with Crippen LogP contribution in [0.25, 0.3) is 0 Å². The molecule has 2 aromatic rings. The molecule has 32 heavy (non-hydrogen) atoms. The number of carbonyl (C=O) groups excluding carboxylic acids is 3. The zero-order chi connectivity index (χ0) is 24.3. The Morgan fingerprint density at radius 2 is 0.906 bits per heavy atom. The van der Waals surface area contributed by atoms with E-state index < -0.39 is 53.1 Å². The van der Waals surface area contributed by atoms with E-state index in [0.717, 1.165) is 38.5 Å². The summed E-state index contributed by atoms with van der Waals surface area (Å²) < 4.78 is 85.7. The second kappa shape index (κ2) is 9.16. The largest absolute Gasteiger partial charge is 0.452 e. The van der Waals surface area contributed by atoms with Gasteiger partial charge in [-0.05, 0) is 48.5 Å². The van der Waals surface area contributed by atoms with Gasteiger partial charge in [-0.25, -0.2) is 14.4 Å². The number of urea groups is 1. The van der Waals surface area contributed by atoms with E-state index in [-0.39, 0.29) is 9.80 Å². The first-order valence-corrected chi connectivity index (χ1v) is 8.46. The minimum absolute atomic E-state index is 0.217. The molecule has 0 aromatic heterocycles. The summed E-state index contributed by atoms with van der Waals surface area (Å²) in [4.78, 5) is 37.9. The van der Waals surface area contributed by atoms with E-state index in [1.807, 2.05) is 0 Å². The van der Waals surface area contributed by atoms with Crippen LogP contribution in [0.4, 0.5) is 52.1 Å². The van der Waals surface area contributed by atoms with Crippen molar-refractivity contribution >= 4 is 29.6 Å². The van der Waals surface area contributed by atoms with Gasteiger partial charge in [0.25, 0.3) is 0 Å². The van der Waals surface area contributed by atoms with Crippen molar-refractivity contribution in [3.8, 4) is 0 Å². The van der Waals surface area contributed by atoms with Crippen molar-refractivity contribution in [2.75, 3.05) is 24.0 Å². The maximum absolute atomic E-state index is 13.0. The van der Waals surface area contributed by atoms with Crippen molar-refractivity contribution in [1.82, 2.24) is 0 Å². The number of hydrogen-bond acceptors (Lipinski definition) is 5. The molecule has 0 N–H and O–H groups in total.